The van der Waals surface area contributed by atoms with Crippen LogP contribution in [0.1, 0.15) is 12.8 Å². The lowest BCUT2D eigenvalue weighted by molar-refractivity contribution is -0.116. The minimum atomic E-state index is 0.00324. The Kier molecular flexibility index (Phi) is 6.60. The van der Waals surface area contributed by atoms with Gasteiger partial charge < -0.3 is 9.47 Å². The number of carbonyl (C=O) groups is 1. The molecule has 1 fully saturated rings. The Morgan fingerprint density at radius 2 is 2.17 bits per heavy atom. The molecule has 0 aliphatic carbocycles. The number of hydrogen-bond donors (Lipinski definition) is 0. The van der Waals surface area contributed by atoms with Crippen molar-refractivity contribution in [2.75, 3.05) is 30.9 Å². The number of nitrogens with zero attached hydrogens (tertiary/aromatic N) is 2. The van der Waals surface area contributed by atoms with Gasteiger partial charge in [-0.05, 0) is 37.1 Å². The van der Waals surface area contributed by atoms with Crippen LogP contribution in [0, 0.1) is 0 Å². The molecule has 1 aliphatic heterocycles. The highest BCUT2D eigenvalue weighted by Crippen LogP contribution is 2.39. The quantitative estimate of drug-likeness (QED) is 0.461. The largest absolute Gasteiger partial charge is 0.494 e. The van der Waals surface area contributed by atoms with Crippen LogP contribution in [-0.4, -0.2) is 43.0 Å². The Hall–Kier alpha value is -1.80. The lowest BCUT2D eigenvalue weighted by Crippen LogP contribution is -2.38. The zero-order valence-corrected chi connectivity index (χ0v) is 18.4. The van der Waals surface area contributed by atoms with Gasteiger partial charge in [0.15, 0.2) is 5.13 Å². The van der Waals surface area contributed by atoms with Crippen molar-refractivity contribution in [2.24, 2.45) is 0 Å². The molecule has 0 N–H and O–H groups in total. The number of fused-ring (bicyclic) bond motifs is 1. The summed E-state index contributed by atoms with van der Waals surface area (Å²) in [7, 11) is 1.60. The molecule has 29 heavy (non-hydrogen) atoms. The van der Waals surface area contributed by atoms with Gasteiger partial charge in [0.25, 0.3) is 0 Å². The molecule has 2 aromatic carbocycles. The maximum absolute atomic E-state index is 13.2. The van der Waals surface area contributed by atoms with E-state index in [-0.39, 0.29) is 12.0 Å². The molecule has 1 aliphatic rings. The van der Waals surface area contributed by atoms with E-state index in [2.05, 4.69) is 0 Å². The van der Waals surface area contributed by atoms with Crippen LogP contribution in [0.3, 0.4) is 0 Å². The van der Waals surface area contributed by atoms with E-state index in [1.165, 1.54) is 23.1 Å². The van der Waals surface area contributed by atoms with E-state index >= 15 is 0 Å². The number of ether oxygens (including phenoxy) is 2. The van der Waals surface area contributed by atoms with Crippen LogP contribution in [0.15, 0.2) is 47.4 Å². The van der Waals surface area contributed by atoms with Crippen molar-refractivity contribution in [3.05, 3.63) is 47.5 Å². The number of aromatic nitrogens is 1. The fraction of sp³-hybridized carbons (Fsp3) is 0.333. The second-order valence-corrected chi connectivity index (χ2v) is 9.10. The Labute approximate surface area is 183 Å². The summed E-state index contributed by atoms with van der Waals surface area (Å²) in [4.78, 5) is 20.7. The third-order valence-corrected chi connectivity index (χ3v) is 7.25. The van der Waals surface area contributed by atoms with E-state index in [1.807, 2.05) is 30.3 Å². The van der Waals surface area contributed by atoms with Crippen LogP contribution >= 0.6 is 34.7 Å². The molecule has 1 atom stereocenters. The molecule has 0 bridgehead atoms. The Morgan fingerprint density at radius 3 is 2.90 bits per heavy atom. The highest BCUT2D eigenvalue weighted by molar-refractivity contribution is 8.00. The molecule has 1 aromatic heterocycles. The van der Waals surface area contributed by atoms with Crippen LogP contribution in [0.2, 0.25) is 5.02 Å². The van der Waals surface area contributed by atoms with Crippen molar-refractivity contribution in [1.29, 1.82) is 0 Å². The number of benzene rings is 2. The first-order chi connectivity index (χ1) is 14.2. The van der Waals surface area contributed by atoms with Gasteiger partial charge in [-0.3, -0.25) is 9.69 Å². The molecule has 0 spiro atoms. The van der Waals surface area contributed by atoms with Gasteiger partial charge in [-0.1, -0.05) is 41.1 Å². The molecule has 1 saturated heterocycles. The average Bonchev–Trinajstić information content (AvgIpc) is 3.42. The second-order valence-electron chi connectivity index (χ2n) is 6.66. The van der Waals surface area contributed by atoms with Gasteiger partial charge in [0.1, 0.15) is 11.3 Å². The molecule has 3 aromatic rings. The molecule has 0 saturated carbocycles. The van der Waals surface area contributed by atoms with E-state index in [4.69, 9.17) is 26.1 Å². The van der Waals surface area contributed by atoms with Crippen molar-refractivity contribution in [3.63, 3.8) is 0 Å². The van der Waals surface area contributed by atoms with Gasteiger partial charge in [-0.15, -0.1) is 11.8 Å². The normalized spacial score (nSPS) is 16.3. The van der Waals surface area contributed by atoms with Gasteiger partial charge >= 0.3 is 0 Å². The zero-order chi connectivity index (χ0) is 20.2. The Morgan fingerprint density at radius 1 is 1.34 bits per heavy atom. The summed E-state index contributed by atoms with van der Waals surface area (Å²) < 4.78 is 12.0. The monoisotopic (exact) mass is 448 g/mol. The van der Waals surface area contributed by atoms with Crippen LogP contribution in [0.5, 0.6) is 5.75 Å². The minimum Gasteiger partial charge on any atom is -0.494 e. The molecule has 1 unspecified atom stereocenters. The molecule has 1 amide bonds. The molecule has 8 heteroatoms. The molecular weight excluding hydrogens is 428 g/mol. The van der Waals surface area contributed by atoms with Crippen molar-refractivity contribution in [3.8, 4) is 5.75 Å². The number of anilines is 1. The lowest BCUT2D eigenvalue weighted by atomic mass is 10.2. The molecule has 152 valence electrons. The first-order valence-electron chi connectivity index (χ1n) is 9.38. The second kappa shape index (κ2) is 9.34. The summed E-state index contributed by atoms with van der Waals surface area (Å²) in [6, 6.07) is 13.5. The first-order valence-corrected chi connectivity index (χ1v) is 11.6. The molecule has 2 heterocycles. The van der Waals surface area contributed by atoms with E-state index in [0.29, 0.717) is 33.7 Å². The fourth-order valence-electron chi connectivity index (χ4n) is 3.24. The number of amides is 1. The number of methoxy groups -OCH3 is 1. The number of hydrogen-bond acceptors (Lipinski definition) is 6. The van der Waals surface area contributed by atoms with Crippen molar-refractivity contribution >= 4 is 56.0 Å². The van der Waals surface area contributed by atoms with Gasteiger partial charge in [-0.25, -0.2) is 4.98 Å². The number of thioether (sulfide) groups is 1. The molecule has 5 nitrogen and oxygen atoms in total. The predicted octanol–water partition coefficient (Wildman–Crippen LogP) is 5.26. The Bertz CT molecular complexity index is 990. The summed E-state index contributed by atoms with van der Waals surface area (Å²) in [5.41, 5.74) is 0.681. The molecule has 0 radical (unpaired) electrons. The number of halogens is 1. The highest BCUT2D eigenvalue weighted by atomic mass is 35.5. The van der Waals surface area contributed by atoms with Gasteiger partial charge in [0, 0.05) is 11.5 Å². The standard InChI is InChI=1S/C21H21ClN2O3S2/c1-26-17-10-9-16(22)20-19(17)23-21(29-20)24(12-14-6-5-11-27-14)18(25)13-28-15-7-3-2-4-8-15/h2-4,7-10,14H,5-6,11-13H2,1H3. The van der Waals surface area contributed by atoms with Crippen LogP contribution < -0.4 is 9.64 Å². The van der Waals surface area contributed by atoms with Gasteiger partial charge in [0.05, 0.1) is 35.2 Å². The summed E-state index contributed by atoms with van der Waals surface area (Å²) in [6.45, 7) is 1.24. The number of rotatable bonds is 7. The smallest absolute Gasteiger partial charge is 0.239 e. The van der Waals surface area contributed by atoms with E-state index < -0.39 is 0 Å². The first kappa shape index (κ1) is 20.5. The fourth-order valence-corrected chi connectivity index (χ4v) is 5.32. The summed E-state index contributed by atoms with van der Waals surface area (Å²) in [5.74, 6) is 0.982. The highest BCUT2D eigenvalue weighted by Gasteiger charge is 2.27. The van der Waals surface area contributed by atoms with Crippen LogP contribution in [-0.2, 0) is 9.53 Å². The molecule has 4 rings (SSSR count). The summed E-state index contributed by atoms with van der Waals surface area (Å²) in [5, 5.41) is 1.23. The minimum absolute atomic E-state index is 0.00324. The number of thiazole rings is 1. The molecular formula is C21H21ClN2O3S2. The average molecular weight is 449 g/mol. The van der Waals surface area contributed by atoms with E-state index in [1.54, 1.807) is 24.1 Å². The van der Waals surface area contributed by atoms with E-state index in [0.717, 1.165) is 29.0 Å². The van der Waals surface area contributed by atoms with Gasteiger partial charge in [0.2, 0.25) is 5.91 Å². The maximum Gasteiger partial charge on any atom is 0.239 e. The maximum atomic E-state index is 13.2. The van der Waals surface area contributed by atoms with Crippen molar-refractivity contribution < 1.29 is 14.3 Å². The summed E-state index contributed by atoms with van der Waals surface area (Å²) >= 11 is 9.31. The topological polar surface area (TPSA) is 51.7 Å². The Balaban J connectivity index is 1.62. The predicted molar refractivity (Wildman–Crippen MR) is 120 cm³/mol. The van der Waals surface area contributed by atoms with Crippen molar-refractivity contribution in [2.45, 2.75) is 23.8 Å². The zero-order valence-electron chi connectivity index (χ0n) is 16.0. The number of carbonyl (C=O) groups excluding carboxylic acids is 1. The van der Waals surface area contributed by atoms with Crippen LogP contribution in [0.4, 0.5) is 5.13 Å². The van der Waals surface area contributed by atoms with Gasteiger partial charge in [-0.2, -0.15) is 0 Å². The third kappa shape index (κ3) is 4.69. The summed E-state index contributed by atoms with van der Waals surface area (Å²) in [6.07, 6.45) is 2.00. The van der Waals surface area contributed by atoms with E-state index in [9.17, 15) is 4.79 Å². The van der Waals surface area contributed by atoms with Crippen molar-refractivity contribution in [1.82, 2.24) is 4.98 Å². The SMILES string of the molecule is COc1ccc(Cl)c2sc(N(CC3CCCO3)C(=O)CSc3ccccc3)nc12. The lowest BCUT2D eigenvalue weighted by Gasteiger charge is -2.23. The third-order valence-electron chi connectivity index (χ3n) is 4.71. The van der Waals surface area contributed by atoms with Crippen LogP contribution in [0.25, 0.3) is 10.2 Å².